The van der Waals surface area contributed by atoms with E-state index < -0.39 is 16.1 Å². The molecule has 1 unspecified atom stereocenters. The number of nitrogen functional groups attached to an aromatic ring is 1. The topological polar surface area (TPSA) is 101 Å². The highest BCUT2D eigenvalue weighted by atomic mass is 32.2. The number of hydrogen-bond donors (Lipinski definition) is 3. The summed E-state index contributed by atoms with van der Waals surface area (Å²) in [5.74, 6) is 0.566. The zero-order chi connectivity index (χ0) is 14.0. The van der Waals surface area contributed by atoms with Crippen molar-refractivity contribution in [3.63, 3.8) is 0 Å². The van der Waals surface area contributed by atoms with Crippen molar-refractivity contribution in [1.82, 2.24) is 14.7 Å². The fraction of sp³-hybridized carbons (Fsp3) is 0.250. The smallest absolute Gasteiger partial charge is 0.241 e. The normalized spacial score (nSPS) is 13.4. The highest BCUT2D eigenvalue weighted by molar-refractivity contribution is 7.89. The minimum Gasteiger partial charge on any atom is -0.399 e. The first-order chi connectivity index (χ1) is 8.90. The standard InChI is InChI=1S/C12H16N4O2S/c1-8-7-10(13)3-4-11(8)19(17,18)16-9(2)12-14-5-6-15-12/h3-7,9,16H,13H2,1-2H3,(H,14,15). The predicted molar refractivity (Wildman–Crippen MR) is 72.9 cm³/mol. The summed E-state index contributed by atoms with van der Waals surface area (Å²) in [6.07, 6.45) is 3.23. The molecule has 0 aliphatic heterocycles. The summed E-state index contributed by atoms with van der Waals surface area (Å²) in [7, 11) is -3.60. The molecule has 1 atom stereocenters. The fourth-order valence-corrected chi connectivity index (χ4v) is 3.27. The number of benzene rings is 1. The van der Waals surface area contributed by atoms with E-state index in [1.165, 1.54) is 6.07 Å². The van der Waals surface area contributed by atoms with Gasteiger partial charge in [0, 0.05) is 18.1 Å². The Labute approximate surface area is 112 Å². The van der Waals surface area contributed by atoms with Gasteiger partial charge in [0.1, 0.15) is 5.82 Å². The molecule has 6 nitrogen and oxygen atoms in total. The van der Waals surface area contributed by atoms with Crippen LogP contribution in [0, 0.1) is 6.92 Å². The van der Waals surface area contributed by atoms with Crippen LogP contribution in [0.5, 0.6) is 0 Å². The average molecular weight is 280 g/mol. The Morgan fingerprint density at radius 1 is 1.42 bits per heavy atom. The second-order valence-electron chi connectivity index (χ2n) is 4.34. The molecule has 0 aliphatic rings. The third-order valence-electron chi connectivity index (χ3n) is 2.75. The van der Waals surface area contributed by atoms with E-state index >= 15 is 0 Å². The van der Waals surface area contributed by atoms with Crippen molar-refractivity contribution < 1.29 is 8.42 Å². The Balaban J connectivity index is 2.28. The van der Waals surface area contributed by atoms with Crippen molar-refractivity contribution in [1.29, 1.82) is 0 Å². The lowest BCUT2D eigenvalue weighted by Gasteiger charge is -2.14. The number of anilines is 1. The van der Waals surface area contributed by atoms with Gasteiger partial charge in [-0.1, -0.05) is 0 Å². The number of aryl methyl sites for hydroxylation is 1. The van der Waals surface area contributed by atoms with Crippen LogP contribution in [-0.4, -0.2) is 18.4 Å². The van der Waals surface area contributed by atoms with Crippen molar-refractivity contribution >= 4 is 15.7 Å². The molecule has 0 saturated heterocycles. The first-order valence-electron chi connectivity index (χ1n) is 5.78. The van der Waals surface area contributed by atoms with E-state index in [-0.39, 0.29) is 4.90 Å². The lowest BCUT2D eigenvalue weighted by atomic mass is 10.2. The molecule has 0 bridgehead atoms. The lowest BCUT2D eigenvalue weighted by molar-refractivity contribution is 0.560. The summed E-state index contributed by atoms with van der Waals surface area (Å²) < 4.78 is 27.1. The van der Waals surface area contributed by atoms with Gasteiger partial charge in [-0.25, -0.2) is 18.1 Å². The van der Waals surface area contributed by atoms with Crippen LogP contribution in [0.15, 0.2) is 35.5 Å². The number of nitrogens with two attached hydrogens (primary N) is 1. The Morgan fingerprint density at radius 3 is 2.74 bits per heavy atom. The zero-order valence-electron chi connectivity index (χ0n) is 10.7. The summed E-state index contributed by atoms with van der Waals surface area (Å²) >= 11 is 0. The number of nitrogens with one attached hydrogen (secondary N) is 2. The van der Waals surface area contributed by atoms with E-state index in [9.17, 15) is 8.42 Å². The monoisotopic (exact) mass is 280 g/mol. The number of aromatic nitrogens is 2. The molecule has 102 valence electrons. The largest absolute Gasteiger partial charge is 0.399 e. The number of aromatic amines is 1. The van der Waals surface area contributed by atoms with Crippen LogP contribution in [0.3, 0.4) is 0 Å². The summed E-state index contributed by atoms with van der Waals surface area (Å²) in [5, 5.41) is 0. The van der Waals surface area contributed by atoms with Crippen molar-refractivity contribution in [2.24, 2.45) is 0 Å². The second-order valence-corrected chi connectivity index (χ2v) is 6.02. The Morgan fingerprint density at radius 2 is 2.16 bits per heavy atom. The van der Waals surface area contributed by atoms with E-state index in [0.29, 0.717) is 17.1 Å². The first kappa shape index (κ1) is 13.6. The third-order valence-corrected chi connectivity index (χ3v) is 4.45. The molecule has 2 rings (SSSR count). The van der Waals surface area contributed by atoms with Crippen LogP contribution in [-0.2, 0) is 10.0 Å². The molecule has 4 N–H and O–H groups in total. The fourth-order valence-electron chi connectivity index (χ4n) is 1.84. The molecule has 1 aromatic heterocycles. The van der Waals surface area contributed by atoms with Gasteiger partial charge in [-0.15, -0.1) is 0 Å². The van der Waals surface area contributed by atoms with Gasteiger partial charge in [0.2, 0.25) is 10.0 Å². The molecule has 0 spiro atoms. The molecular formula is C12H16N4O2S. The van der Waals surface area contributed by atoms with Gasteiger partial charge in [0.05, 0.1) is 10.9 Å². The predicted octanol–water partition coefficient (Wildman–Crippen LogP) is 1.34. The van der Waals surface area contributed by atoms with Crippen LogP contribution in [0.1, 0.15) is 24.4 Å². The SMILES string of the molecule is Cc1cc(N)ccc1S(=O)(=O)NC(C)c1ncc[nH]1. The van der Waals surface area contributed by atoms with Gasteiger partial charge in [-0.05, 0) is 37.6 Å². The van der Waals surface area contributed by atoms with Crippen LogP contribution in [0.4, 0.5) is 5.69 Å². The maximum atomic E-state index is 12.3. The van der Waals surface area contributed by atoms with Gasteiger partial charge >= 0.3 is 0 Å². The summed E-state index contributed by atoms with van der Waals surface area (Å²) in [5.41, 5.74) is 6.77. The summed E-state index contributed by atoms with van der Waals surface area (Å²) in [6.45, 7) is 3.44. The lowest BCUT2D eigenvalue weighted by Crippen LogP contribution is -2.28. The molecular weight excluding hydrogens is 264 g/mol. The van der Waals surface area contributed by atoms with Crippen LogP contribution in [0.2, 0.25) is 0 Å². The van der Waals surface area contributed by atoms with Crippen LogP contribution >= 0.6 is 0 Å². The van der Waals surface area contributed by atoms with E-state index in [1.807, 2.05) is 0 Å². The van der Waals surface area contributed by atoms with Crippen LogP contribution in [0.25, 0.3) is 0 Å². The van der Waals surface area contributed by atoms with E-state index in [4.69, 9.17) is 5.73 Å². The maximum absolute atomic E-state index is 12.3. The van der Waals surface area contributed by atoms with Crippen LogP contribution < -0.4 is 10.5 Å². The molecule has 0 amide bonds. The molecule has 1 aromatic carbocycles. The molecule has 0 saturated carbocycles. The number of hydrogen-bond acceptors (Lipinski definition) is 4. The summed E-state index contributed by atoms with van der Waals surface area (Å²) in [4.78, 5) is 7.13. The summed E-state index contributed by atoms with van der Waals surface area (Å²) in [6, 6.07) is 4.27. The quantitative estimate of drug-likeness (QED) is 0.736. The molecule has 19 heavy (non-hydrogen) atoms. The van der Waals surface area contributed by atoms with Gasteiger partial charge in [-0.2, -0.15) is 0 Å². The van der Waals surface area contributed by atoms with E-state index in [0.717, 1.165) is 0 Å². The Bertz CT molecular complexity index is 665. The van der Waals surface area contributed by atoms with E-state index in [2.05, 4.69) is 14.7 Å². The number of sulfonamides is 1. The maximum Gasteiger partial charge on any atom is 0.241 e. The van der Waals surface area contributed by atoms with Gasteiger partial charge in [0.15, 0.2) is 0 Å². The molecule has 2 aromatic rings. The zero-order valence-corrected chi connectivity index (χ0v) is 11.5. The Hall–Kier alpha value is -1.86. The average Bonchev–Trinajstić information content (AvgIpc) is 2.80. The Kier molecular flexibility index (Phi) is 3.59. The van der Waals surface area contributed by atoms with E-state index in [1.54, 1.807) is 38.4 Å². The van der Waals surface area contributed by atoms with Gasteiger partial charge < -0.3 is 10.7 Å². The van der Waals surface area contributed by atoms with Crippen molar-refractivity contribution in [2.45, 2.75) is 24.8 Å². The first-order valence-corrected chi connectivity index (χ1v) is 7.26. The second kappa shape index (κ2) is 5.02. The molecule has 7 heteroatoms. The number of imidazole rings is 1. The highest BCUT2D eigenvalue weighted by Gasteiger charge is 2.21. The minimum absolute atomic E-state index is 0.222. The highest BCUT2D eigenvalue weighted by Crippen LogP contribution is 2.19. The molecule has 0 fully saturated rings. The molecule has 1 heterocycles. The third kappa shape index (κ3) is 2.94. The van der Waals surface area contributed by atoms with Crippen molar-refractivity contribution in [2.75, 3.05) is 5.73 Å². The number of H-pyrrole nitrogens is 1. The minimum atomic E-state index is -3.60. The molecule has 0 aliphatic carbocycles. The van der Waals surface area contributed by atoms with Crippen molar-refractivity contribution in [3.05, 3.63) is 42.0 Å². The van der Waals surface area contributed by atoms with Gasteiger partial charge in [0.25, 0.3) is 0 Å². The van der Waals surface area contributed by atoms with Crippen molar-refractivity contribution in [3.8, 4) is 0 Å². The molecule has 0 radical (unpaired) electrons. The number of nitrogens with zero attached hydrogens (tertiary/aromatic N) is 1. The van der Waals surface area contributed by atoms with Gasteiger partial charge in [-0.3, -0.25) is 0 Å². The number of rotatable bonds is 4.